The molecule has 0 aliphatic rings. The summed E-state index contributed by atoms with van der Waals surface area (Å²) in [5, 5.41) is 9.40. The molecule has 74 valence electrons. The van der Waals surface area contributed by atoms with Gasteiger partial charge in [0, 0.05) is 0 Å². The molecule has 0 saturated carbocycles. The number of hydrogen-bond donors (Lipinski definition) is 2. The maximum absolute atomic E-state index is 11.2. The van der Waals surface area contributed by atoms with E-state index < -0.39 is 5.91 Å². The summed E-state index contributed by atoms with van der Waals surface area (Å²) in [6.07, 6.45) is -0.0384. The Morgan fingerprint density at radius 1 is 1.43 bits per heavy atom. The van der Waals surface area contributed by atoms with Gasteiger partial charge in [-0.2, -0.15) is 0 Å². The predicted molar refractivity (Wildman–Crippen MR) is 51.0 cm³/mol. The first-order valence-corrected chi connectivity index (χ1v) is 4.12. The van der Waals surface area contributed by atoms with E-state index in [0.29, 0.717) is 5.56 Å². The third-order valence-electron chi connectivity index (χ3n) is 1.85. The topological polar surface area (TPSA) is 80.4 Å². The number of carbonyl (C=O) groups excluding carboxylic acids is 2. The number of primary amides is 1. The van der Waals surface area contributed by atoms with Crippen molar-refractivity contribution < 1.29 is 14.7 Å². The summed E-state index contributed by atoms with van der Waals surface area (Å²) in [4.78, 5) is 21.8. The molecule has 0 spiro atoms. The molecule has 0 fully saturated rings. The van der Waals surface area contributed by atoms with Crippen LogP contribution in [0.15, 0.2) is 18.2 Å². The van der Waals surface area contributed by atoms with Crippen LogP contribution in [0, 0.1) is 0 Å². The number of benzene rings is 1. The highest BCUT2D eigenvalue weighted by atomic mass is 16.3. The van der Waals surface area contributed by atoms with Gasteiger partial charge in [-0.15, -0.1) is 0 Å². The highest BCUT2D eigenvalue weighted by Crippen LogP contribution is 2.21. The largest absolute Gasteiger partial charge is 0.507 e. The molecule has 0 radical (unpaired) electrons. The van der Waals surface area contributed by atoms with E-state index in [9.17, 15) is 14.7 Å². The summed E-state index contributed by atoms with van der Waals surface area (Å²) >= 11 is 0. The highest BCUT2D eigenvalue weighted by Gasteiger charge is 2.13. The molecule has 0 aliphatic carbocycles. The quantitative estimate of drug-likeness (QED) is 0.690. The number of phenolic OH excluding ortho intramolecular Hbond substituents is 1. The molecule has 0 aromatic heterocycles. The minimum Gasteiger partial charge on any atom is -0.507 e. The monoisotopic (exact) mass is 193 g/mol. The van der Waals surface area contributed by atoms with Crippen molar-refractivity contribution in [2.75, 3.05) is 0 Å². The number of phenols is 1. The van der Waals surface area contributed by atoms with Crippen LogP contribution in [0.1, 0.15) is 22.8 Å². The van der Waals surface area contributed by atoms with Crippen LogP contribution in [0.25, 0.3) is 0 Å². The fourth-order valence-corrected chi connectivity index (χ4v) is 1.33. The Kier molecular flexibility index (Phi) is 2.86. The van der Waals surface area contributed by atoms with Gasteiger partial charge in [0.2, 0.25) is 5.91 Å². The summed E-state index contributed by atoms with van der Waals surface area (Å²) in [5.41, 5.74) is 5.65. The van der Waals surface area contributed by atoms with Gasteiger partial charge in [-0.3, -0.25) is 9.59 Å². The normalized spacial score (nSPS) is 9.79. The molecule has 14 heavy (non-hydrogen) atoms. The average Bonchev–Trinajstić information content (AvgIpc) is 2.01. The molecule has 0 bridgehead atoms. The van der Waals surface area contributed by atoms with E-state index in [-0.39, 0.29) is 23.5 Å². The van der Waals surface area contributed by atoms with Crippen molar-refractivity contribution in [3.63, 3.8) is 0 Å². The zero-order valence-corrected chi connectivity index (χ0v) is 7.78. The van der Waals surface area contributed by atoms with Crippen LogP contribution in [0.2, 0.25) is 0 Å². The minimum absolute atomic E-state index is 0.0384. The molecule has 0 aliphatic heterocycles. The maximum atomic E-state index is 11.2. The Hall–Kier alpha value is -1.84. The van der Waals surface area contributed by atoms with Crippen molar-refractivity contribution in [2.45, 2.75) is 13.3 Å². The van der Waals surface area contributed by atoms with Crippen molar-refractivity contribution >= 4 is 11.7 Å². The number of hydrogen-bond acceptors (Lipinski definition) is 3. The van der Waals surface area contributed by atoms with Crippen LogP contribution < -0.4 is 5.73 Å². The van der Waals surface area contributed by atoms with Crippen LogP contribution in [0.5, 0.6) is 5.75 Å². The summed E-state index contributed by atoms with van der Waals surface area (Å²) in [5.74, 6) is -0.922. The van der Waals surface area contributed by atoms with Gasteiger partial charge in [-0.05, 0) is 18.6 Å². The summed E-state index contributed by atoms with van der Waals surface area (Å²) in [6, 6.07) is 4.57. The number of Topliss-reactive ketones (excluding diaryl/α,β-unsaturated/α-hetero) is 1. The van der Waals surface area contributed by atoms with E-state index in [1.54, 1.807) is 12.1 Å². The SMILES string of the molecule is CC(=O)c1c(O)cccc1CC(N)=O. The van der Waals surface area contributed by atoms with Crippen molar-refractivity contribution in [1.82, 2.24) is 0 Å². The predicted octanol–water partition coefficient (Wildman–Crippen LogP) is 0.623. The number of carbonyl (C=O) groups is 2. The molecule has 4 heteroatoms. The van der Waals surface area contributed by atoms with Crippen LogP contribution in [-0.4, -0.2) is 16.8 Å². The van der Waals surface area contributed by atoms with E-state index in [1.165, 1.54) is 13.0 Å². The number of nitrogens with two attached hydrogens (primary N) is 1. The lowest BCUT2D eigenvalue weighted by molar-refractivity contribution is -0.117. The van der Waals surface area contributed by atoms with Gasteiger partial charge in [-0.1, -0.05) is 12.1 Å². The molecule has 0 unspecified atom stereocenters. The summed E-state index contributed by atoms with van der Waals surface area (Å²) < 4.78 is 0. The van der Waals surface area contributed by atoms with Gasteiger partial charge < -0.3 is 10.8 Å². The molecule has 0 heterocycles. The number of aromatic hydroxyl groups is 1. The van der Waals surface area contributed by atoms with Gasteiger partial charge in [0.25, 0.3) is 0 Å². The molecular weight excluding hydrogens is 182 g/mol. The highest BCUT2D eigenvalue weighted by molar-refractivity contribution is 5.99. The molecule has 4 nitrogen and oxygen atoms in total. The Morgan fingerprint density at radius 3 is 2.57 bits per heavy atom. The zero-order chi connectivity index (χ0) is 10.7. The Morgan fingerprint density at radius 2 is 2.07 bits per heavy atom. The first-order chi connectivity index (χ1) is 6.52. The Bertz CT molecular complexity index is 385. The first-order valence-electron chi connectivity index (χ1n) is 4.12. The third-order valence-corrected chi connectivity index (χ3v) is 1.85. The zero-order valence-electron chi connectivity index (χ0n) is 7.78. The minimum atomic E-state index is -0.530. The fourth-order valence-electron chi connectivity index (χ4n) is 1.33. The van der Waals surface area contributed by atoms with Crippen LogP contribution in [-0.2, 0) is 11.2 Å². The molecule has 0 atom stereocenters. The maximum Gasteiger partial charge on any atom is 0.221 e. The van der Waals surface area contributed by atoms with Crippen molar-refractivity contribution in [2.24, 2.45) is 5.73 Å². The Labute approximate surface area is 81.3 Å². The van der Waals surface area contributed by atoms with Gasteiger partial charge in [0.1, 0.15) is 5.75 Å². The Balaban J connectivity index is 3.21. The molecule has 1 rings (SSSR count). The van der Waals surface area contributed by atoms with Crippen LogP contribution >= 0.6 is 0 Å². The van der Waals surface area contributed by atoms with Crippen LogP contribution in [0.4, 0.5) is 0 Å². The lowest BCUT2D eigenvalue weighted by atomic mass is 10.0. The van der Waals surface area contributed by atoms with E-state index in [2.05, 4.69) is 0 Å². The van der Waals surface area contributed by atoms with E-state index in [4.69, 9.17) is 5.73 Å². The second-order valence-electron chi connectivity index (χ2n) is 3.01. The fraction of sp³-hybridized carbons (Fsp3) is 0.200. The molecule has 3 N–H and O–H groups in total. The first kappa shape index (κ1) is 10.2. The van der Waals surface area contributed by atoms with E-state index in [1.807, 2.05) is 0 Å². The molecule has 1 amide bonds. The lowest BCUT2D eigenvalue weighted by Crippen LogP contribution is -2.15. The van der Waals surface area contributed by atoms with Gasteiger partial charge >= 0.3 is 0 Å². The van der Waals surface area contributed by atoms with Gasteiger partial charge in [0.05, 0.1) is 12.0 Å². The summed E-state index contributed by atoms with van der Waals surface area (Å²) in [6.45, 7) is 1.33. The number of amides is 1. The van der Waals surface area contributed by atoms with Gasteiger partial charge in [-0.25, -0.2) is 0 Å². The van der Waals surface area contributed by atoms with E-state index >= 15 is 0 Å². The third kappa shape index (κ3) is 2.10. The van der Waals surface area contributed by atoms with Crippen molar-refractivity contribution in [3.05, 3.63) is 29.3 Å². The number of ketones is 1. The average molecular weight is 193 g/mol. The molecule has 1 aromatic rings. The van der Waals surface area contributed by atoms with Crippen LogP contribution in [0.3, 0.4) is 0 Å². The van der Waals surface area contributed by atoms with Crippen molar-refractivity contribution in [3.8, 4) is 5.75 Å². The second-order valence-corrected chi connectivity index (χ2v) is 3.01. The molecular formula is C10H11NO3. The lowest BCUT2D eigenvalue weighted by Gasteiger charge is -2.06. The number of rotatable bonds is 3. The smallest absolute Gasteiger partial charge is 0.221 e. The molecule has 1 aromatic carbocycles. The summed E-state index contributed by atoms with van der Waals surface area (Å²) in [7, 11) is 0. The van der Waals surface area contributed by atoms with E-state index in [0.717, 1.165) is 0 Å². The van der Waals surface area contributed by atoms with Crippen molar-refractivity contribution in [1.29, 1.82) is 0 Å². The van der Waals surface area contributed by atoms with Gasteiger partial charge in [0.15, 0.2) is 5.78 Å². The standard InChI is InChI=1S/C10H11NO3/c1-6(12)10-7(5-9(11)14)3-2-4-8(10)13/h2-4,13H,5H2,1H3,(H2,11,14). The second kappa shape index (κ2) is 3.91. The molecule has 0 saturated heterocycles.